The Morgan fingerprint density at radius 3 is 2.64 bits per heavy atom. The topological polar surface area (TPSA) is 52.6 Å². The van der Waals surface area contributed by atoms with Crippen molar-refractivity contribution in [2.45, 2.75) is 45.9 Å². The van der Waals surface area contributed by atoms with E-state index in [0.29, 0.717) is 5.92 Å². The molecule has 0 radical (unpaired) electrons. The van der Waals surface area contributed by atoms with Crippen molar-refractivity contribution in [3.63, 3.8) is 0 Å². The Bertz CT molecular complexity index is 475. The number of benzene rings is 1. The smallest absolute Gasteiger partial charge is 0.222 e. The van der Waals surface area contributed by atoms with Gasteiger partial charge in [-0.2, -0.15) is 0 Å². The lowest BCUT2D eigenvalue weighted by Crippen LogP contribution is -2.41. The molecule has 1 aromatic carbocycles. The van der Waals surface area contributed by atoms with Gasteiger partial charge in [-0.05, 0) is 17.4 Å². The van der Waals surface area contributed by atoms with Gasteiger partial charge in [0.15, 0.2) is 0 Å². The number of aliphatic hydroxyl groups excluding tert-OH is 1. The van der Waals surface area contributed by atoms with E-state index in [9.17, 15) is 9.90 Å². The molecule has 0 spiro atoms. The normalized spacial score (nSPS) is 23.7. The van der Waals surface area contributed by atoms with Crippen LogP contribution >= 0.6 is 0 Å². The number of carbonyl (C=O) groups excluding carboxylic acids is 1. The van der Waals surface area contributed by atoms with Gasteiger partial charge in [-0.3, -0.25) is 9.69 Å². The second kappa shape index (κ2) is 7.75. The molecular formula is C18H28N2O2. The van der Waals surface area contributed by atoms with E-state index in [4.69, 9.17) is 0 Å². The first kappa shape index (κ1) is 17.0. The summed E-state index contributed by atoms with van der Waals surface area (Å²) in [6.07, 6.45) is -0.364. The Balaban J connectivity index is 1.82. The summed E-state index contributed by atoms with van der Waals surface area (Å²) in [5.74, 6) is 0.504. The average Bonchev–Trinajstić information content (AvgIpc) is 2.79. The summed E-state index contributed by atoms with van der Waals surface area (Å²) < 4.78 is 0. The molecule has 1 aliphatic rings. The Morgan fingerprint density at radius 1 is 1.32 bits per heavy atom. The van der Waals surface area contributed by atoms with E-state index in [-0.39, 0.29) is 24.3 Å². The van der Waals surface area contributed by atoms with E-state index in [2.05, 4.69) is 41.4 Å². The SMILES string of the molecule is CC(C)[C@H](O)CC(=O)N[C@@H]1CN(Cc2ccccc2)C[C@H]1C. The van der Waals surface area contributed by atoms with Gasteiger partial charge in [-0.1, -0.05) is 51.1 Å². The van der Waals surface area contributed by atoms with E-state index in [1.165, 1.54) is 5.56 Å². The van der Waals surface area contributed by atoms with Crippen LogP contribution in [0.2, 0.25) is 0 Å². The van der Waals surface area contributed by atoms with E-state index in [1.54, 1.807) is 0 Å². The summed E-state index contributed by atoms with van der Waals surface area (Å²) in [5, 5.41) is 12.9. The molecular weight excluding hydrogens is 276 g/mol. The fraction of sp³-hybridized carbons (Fsp3) is 0.611. The van der Waals surface area contributed by atoms with Crippen molar-refractivity contribution in [2.75, 3.05) is 13.1 Å². The number of hydrogen-bond donors (Lipinski definition) is 2. The Morgan fingerprint density at radius 2 is 2.00 bits per heavy atom. The lowest BCUT2D eigenvalue weighted by atomic mass is 10.0. The number of nitrogens with one attached hydrogen (secondary N) is 1. The van der Waals surface area contributed by atoms with E-state index >= 15 is 0 Å². The van der Waals surface area contributed by atoms with Crippen molar-refractivity contribution in [1.82, 2.24) is 10.2 Å². The summed E-state index contributed by atoms with van der Waals surface area (Å²) in [6.45, 7) is 8.82. The summed E-state index contributed by atoms with van der Waals surface area (Å²) in [6, 6.07) is 10.6. The average molecular weight is 304 g/mol. The fourth-order valence-corrected chi connectivity index (χ4v) is 2.92. The maximum absolute atomic E-state index is 12.0. The second-order valence-corrected chi connectivity index (χ2v) is 6.85. The molecule has 1 aliphatic heterocycles. The summed E-state index contributed by atoms with van der Waals surface area (Å²) in [4.78, 5) is 14.4. The first-order valence-corrected chi connectivity index (χ1v) is 8.19. The lowest BCUT2D eigenvalue weighted by Gasteiger charge is -2.19. The van der Waals surface area contributed by atoms with Gasteiger partial charge in [0.2, 0.25) is 5.91 Å². The maximum atomic E-state index is 12.0. The van der Waals surface area contributed by atoms with Crippen molar-refractivity contribution < 1.29 is 9.90 Å². The van der Waals surface area contributed by atoms with Crippen LogP contribution < -0.4 is 5.32 Å². The molecule has 3 atom stereocenters. The van der Waals surface area contributed by atoms with Gasteiger partial charge in [0.05, 0.1) is 12.5 Å². The van der Waals surface area contributed by atoms with Crippen molar-refractivity contribution in [1.29, 1.82) is 0 Å². The molecule has 0 bridgehead atoms. The molecule has 0 saturated carbocycles. The van der Waals surface area contributed by atoms with Gasteiger partial charge < -0.3 is 10.4 Å². The molecule has 0 aromatic heterocycles. The van der Waals surface area contributed by atoms with Crippen molar-refractivity contribution in [3.8, 4) is 0 Å². The molecule has 4 heteroatoms. The van der Waals surface area contributed by atoms with Gasteiger partial charge in [-0.15, -0.1) is 0 Å². The highest BCUT2D eigenvalue weighted by atomic mass is 16.3. The molecule has 1 saturated heterocycles. The first-order chi connectivity index (χ1) is 10.5. The van der Waals surface area contributed by atoms with Crippen LogP contribution in [-0.2, 0) is 11.3 Å². The molecule has 0 unspecified atom stereocenters. The monoisotopic (exact) mass is 304 g/mol. The van der Waals surface area contributed by atoms with E-state index in [1.807, 2.05) is 19.9 Å². The predicted molar refractivity (Wildman–Crippen MR) is 88.3 cm³/mol. The number of nitrogens with zero attached hydrogens (tertiary/aromatic N) is 1. The molecule has 4 nitrogen and oxygen atoms in total. The second-order valence-electron chi connectivity index (χ2n) is 6.85. The highest BCUT2D eigenvalue weighted by molar-refractivity contribution is 5.76. The van der Waals surface area contributed by atoms with Crippen LogP contribution in [0.15, 0.2) is 30.3 Å². The van der Waals surface area contributed by atoms with Crippen LogP contribution in [0, 0.1) is 11.8 Å². The standard InChI is InChI=1S/C18H28N2O2/c1-13(2)17(21)9-18(22)19-16-12-20(10-14(16)3)11-15-7-5-4-6-8-15/h4-8,13-14,16-17,21H,9-12H2,1-3H3,(H,19,22)/t14-,16-,17-/m1/s1. The third kappa shape index (κ3) is 4.82. The molecule has 1 fully saturated rings. The number of amides is 1. The molecule has 0 aliphatic carbocycles. The Hall–Kier alpha value is -1.39. The number of rotatable bonds is 6. The first-order valence-electron chi connectivity index (χ1n) is 8.19. The highest BCUT2D eigenvalue weighted by Gasteiger charge is 2.31. The quantitative estimate of drug-likeness (QED) is 0.845. The van der Waals surface area contributed by atoms with E-state index in [0.717, 1.165) is 19.6 Å². The van der Waals surface area contributed by atoms with Crippen LogP contribution in [0.25, 0.3) is 0 Å². The summed E-state index contributed by atoms with van der Waals surface area (Å²) in [5.41, 5.74) is 1.30. The minimum absolute atomic E-state index is 0.0420. The third-order valence-corrected chi connectivity index (χ3v) is 4.45. The van der Waals surface area contributed by atoms with E-state index < -0.39 is 6.10 Å². The van der Waals surface area contributed by atoms with Crippen molar-refractivity contribution in [2.24, 2.45) is 11.8 Å². The van der Waals surface area contributed by atoms with Gasteiger partial charge in [0, 0.05) is 25.7 Å². The molecule has 22 heavy (non-hydrogen) atoms. The summed E-state index contributed by atoms with van der Waals surface area (Å²) in [7, 11) is 0. The van der Waals surface area contributed by atoms with Gasteiger partial charge >= 0.3 is 0 Å². The number of hydrogen-bond acceptors (Lipinski definition) is 3. The molecule has 1 amide bonds. The Kier molecular flexibility index (Phi) is 5.98. The number of aliphatic hydroxyl groups is 1. The van der Waals surface area contributed by atoms with Crippen LogP contribution in [0.4, 0.5) is 0 Å². The Labute approximate surface area is 133 Å². The maximum Gasteiger partial charge on any atom is 0.222 e. The molecule has 2 N–H and O–H groups in total. The summed E-state index contributed by atoms with van der Waals surface area (Å²) >= 11 is 0. The van der Waals surface area contributed by atoms with Gasteiger partial charge in [0.25, 0.3) is 0 Å². The van der Waals surface area contributed by atoms with Crippen LogP contribution in [0.5, 0.6) is 0 Å². The zero-order valence-corrected chi connectivity index (χ0v) is 13.8. The zero-order valence-electron chi connectivity index (χ0n) is 13.8. The lowest BCUT2D eigenvalue weighted by molar-refractivity contribution is -0.124. The number of likely N-dealkylation sites (tertiary alicyclic amines) is 1. The van der Waals surface area contributed by atoms with Crippen LogP contribution in [-0.4, -0.2) is 41.1 Å². The number of carbonyl (C=O) groups is 1. The van der Waals surface area contributed by atoms with Gasteiger partial charge in [0.1, 0.15) is 0 Å². The van der Waals surface area contributed by atoms with Gasteiger partial charge in [-0.25, -0.2) is 0 Å². The largest absolute Gasteiger partial charge is 0.392 e. The van der Waals surface area contributed by atoms with Crippen LogP contribution in [0.3, 0.4) is 0 Å². The third-order valence-electron chi connectivity index (χ3n) is 4.45. The van der Waals surface area contributed by atoms with Crippen molar-refractivity contribution >= 4 is 5.91 Å². The molecule has 2 rings (SSSR count). The molecule has 122 valence electrons. The zero-order chi connectivity index (χ0) is 16.1. The fourth-order valence-electron chi connectivity index (χ4n) is 2.92. The predicted octanol–water partition coefficient (Wildman–Crippen LogP) is 2.03. The highest BCUT2D eigenvalue weighted by Crippen LogP contribution is 2.19. The minimum atomic E-state index is -0.558. The molecule has 1 aromatic rings. The van der Waals surface area contributed by atoms with Crippen molar-refractivity contribution in [3.05, 3.63) is 35.9 Å². The molecule has 1 heterocycles. The minimum Gasteiger partial charge on any atom is -0.392 e. The van der Waals surface area contributed by atoms with Crippen LogP contribution in [0.1, 0.15) is 32.8 Å².